The van der Waals surface area contributed by atoms with E-state index >= 15 is 0 Å². The van der Waals surface area contributed by atoms with Gasteiger partial charge in [0.25, 0.3) is 0 Å². The second-order valence-electron chi connectivity index (χ2n) is 19.0. The first-order valence-electron chi connectivity index (χ1n) is 19.3. The number of carbonyl (C=O) groups is 4. The highest BCUT2D eigenvalue weighted by atomic mass is 16.6. The zero-order valence-corrected chi connectivity index (χ0v) is 37.8. The number of aryl methyl sites for hydroxylation is 2. The number of carboxylic acids is 1. The van der Waals surface area contributed by atoms with E-state index in [1.165, 1.54) is 5.56 Å². The third kappa shape index (κ3) is 17.4. The summed E-state index contributed by atoms with van der Waals surface area (Å²) in [4.78, 5) is 47.3. The Morgan fingerprint density at radius 2 is 0.789 bits per heavy atom. The Bertz CT molecular complexity index is 1830. The minimum atomic E-state index is -0.798. The monoisotopic (exact) mass is 788 g/mol. The van der Waals surface area contributed by atoms with Crippen LogP contribution in [0, 0.1) is 13.8 Å². The summed E-state index contributed by atoms with van der Waals surface area (Å²) in [6.07, 6.45) is 1.35. The lowest BCUT2D eigenvalue weighted by Crippen LogP contribution is -2.36. The number of rotatable bonds is 8. The van der Waals surface area contributed by atoms with Crippen molar-refractivity contribution in [3.05, 3.63) is 112 Å². The van der Waals surface area contributed by atoms with Gasteiger partial charge in [0.2, 0.25) is 0 Å². The number of aliphatic carboxylic acids is 1. The summed E-state index contributed by atoms with van der Waals surface area (Å²) in [5.41, 5.74) is 2.93. The van der Waals surface area contributed by atoms with Crippen molar-refractivity contribution in [3.63, 3.8) is 0 Å². The first-order chi connectivity index (χ1) is 25.7. The molecule has 3 rings (SSSR count). The maximum atomic E-state index is 12.5. The number of allylic oxidation sites excluding steroid dienone is 1. The lowest BCUT2D eigenvalue weighted by molar-refractivity contribution is -0.161. The Morgan fingerprint density at radius 1 is 0.491 bits per heavy atom. The number of benzene rings is 3. The van der Waals surface area contributed by atoms with E-state index in [4.69, 9.17) is 19.3 Å². The minimum Gasteiger partial charge on any atom is -0.481 e. The molecule has 57 heavy (non-hydrogen) atoms. The molecule has 314 valence electrons. The van der Waals surface area contributed by atoms with Crippen molar-refractivity contribution in [3.8, 4) is 0 Å². The summed E-state index contributed by atoms with van der Waals surface area (Å²) in [6, 6.07) is 23.2. The maximum Gasteiger partial charge on any atom is 0.411 e. The number of hydrogen-bond donors (Lipinski definition) is 2. The largest absolute Gasteiger partial charge is 0.481 e. The molecule has 0 unspecified atom stereocenters. The number of carbonyl (C=O) groups excluding carboxylic acids is 3. The van der Waals surface area contributed by atoms with Gasteiger partial charge in [-0.05, 0) is 153 Å². The lowest BCUT2D eigenvalue weighted by atomic mass is 9.84. The summed E-state index contributed by atoms with van der Waals surface area (Å²) in [7, 11) is 0. The van der Waals surface area contributed by atoms with Crippen molar-refractivity contribution in [1.29, 1.82) is 0 Å². The van der Waals surface area contributed by atoms with E-state index in [0.29, 0.717) is 5.70 Å². The van der Waals surface area contributed by atoms with Gasteiger partial charge in [0, 0.05) is 5.70 Å². The van der Waals surface area contributed by atoms with Crippen LogP contribution < -0.4 is 5.32 Å². The van der Waals surface area contributed by atoms with E-state index in [1.54, 1.807) is 20.8 Å². The molecule has 0 saturated carbocycles. The fraction of sp³-hybridized carbons (Fsp3) is 0.500. The van der Waals surface area contributed by atoms with E-state index in [2.05, 4.69) is 5.32 Å². The topological polar surface area (TPSA) is 128 Å². The van der Waals surface area contributed by atoms with E-state index in [0.717, 1.165) is 27.8 Å². The molecule has 3 aromatic carbocycles. The first-order valence-corrected chi connectivity index (χ1v) is 19.3. The molecule has 0 spiro atoms. The fourth-order valence-corrected chi connectivity index (χ4v) is 4.86. The quantitative estimate of drug-likeness (QED) is 0.171. The third-order valence-electron chi connectivity index (χ3n) is 8.61. The van der Waals surface area contributed by atoms with Gasteiger partial charge in [0.05, 0.1) is 16.2 Å². The van der Waals surface area contributed by atoms with Crippen molar-refractivity contribution in [2.45, 2.75) is 158 Å². The Kier molecular flexibility index (Phi) is 17.1. The first kappa shape index (κ1) is 50.1. The van der Waals surface area contributed by atoms with Crippen molar-refractivity contribution >= 4 is 30.1 Å². The molecule has 0 atom stereocenters. The number of amides is 1. The van der Waals surface area contributed by atoms with E-state index in [-0.39, 0.29) is 11.9 Å². The van der Waals surface area contributed by atoms with Crippen LogP contribution in [0.15, 0.2) is 78.5 Å². The molecule has 0 fully saturated rings. The van der Waals surface area contributed by atoms with E-state index < -0.39 is 45.1 Å². The highest BCUT2D eigenvalue weighted by Crippen LogP contribution is 2.29. The van der Waals surface area contributed by atoms with Crippen LogP contribution >= 0.6 is 0 Å². The van der Waals surface area contributed by atoms with Crippen LogP contribution in [0.2, 0.25) is 0 Å². The van der Waals surface area contributed by atoms with Crippen LogP contribution in [0.4, 0.5) is 4.79 Å². The number of carboxylic acid groups (broad SMARTS) is 1. The van der Waals surface area contributed by atoms with Crippen LogP contribution in [-0.4, -0.2) is 45.9 Å². The summed E-state index contributed by atoms with van der Waals surface area (Å²) in [5, 5.41) is 11.7. The number of nitrogens with one attached hydrogen (secondary N) is 1. The molecular formula is C48H69NO8. The molecule has 9 heteroatoms. The van der Waals surface area contributed by atoms with Crippen molar-refractivity contribution in [2.24, 2.45) is 0 Å². The molecule has 0 aliphatic carbocycles. The van der Waals surface area contributed by atoms with Gasteiger partial charge >= 0.3 is 24.0 Å². The molecule has 0 aliphatic rings. The molecule has 1 amide bonds. The average Bonchev–Trinajstić information content (AvgIpc) is 3.03. The smallest absolute Gasteiger partial charge is 0.411 e. The summed E-state index contributed by atoms with van der Waals surface area (Å²) in [6.45, 7) is 33.4. The van der Waals surface area contributed by atoms with Gasteiger partial charge in [-0.3, -0.25) is 19.7 Å². The van der Waals surface area contributed by atoms with Crippen LogP contribution in [0.1, 0.15) is 144 Å². The number of hydrogen-bond acceptors (Lipinski definition) is 7. The molecule has 0 heterocycles. The maximum absolute atomic E-state index is 12.5. The summed E-state index contributed by atoms with van der Waals surface area (Å²) in [5.74, 6) is -1.24. The zero-order valence-electron chi connectivity index (χ0n) is 37.8. The normalized spacial score (nSPS) is 12.5. The molecule has 0 radical (unpaired) electrons. The number of esters is 2. The van der Waals surface area contributed by atoms with Crippen LogP contribution in [-0.2, 0) is 44.8 Å². The molecule has 3 aromatic rings. The van der Waals surface area contributed by atoms with Gasteiger partial charge in [0.15, 0.2) is 0 Å². The lowest BCUT2D eigenvalue weighted by Gasteiger charge is -2.28. The molecule has 0 aromatic heterocycles. The standard InChI is InChI=1S/C22H33NO4.C15H22O2.C11H14O2/c1-15(23-19(25)27-21(5,6)7)14-16-10-12-17(13-11-16)22(8,9)18(24)26-20(2,3)4;1-11-7-9-12(10-8-11)15(5,6)13(16)17-14(2,3)4;1-8-4-6-9(7-5-8)11(2,3)10(12)13/h10-14H,1-9H3,(H,23,25);7-10H,1-6H3;4-7H,1-3H3,(H,12,13)/b15-14-;;. The van der Waals surface area contributed by atoms with Gasteiger partial charge in [-0.2, -0.15) is 0 Å². The highest BCUT2D eigenvalue weighted by molar-refractivity contribution is 5.83. The third-order valence-corrected chi connectivity index (χ3v) is 8.61. The minimum absolute atomic E-state index is 0.186. The second kappa shape index (κ2) is 19.5. The molecule has 0 saturated heterocycles. The highest BCUT2D eigenvalue weighted by Gasteiger charge is 2.35. The van der Waals surface area contributed by atoms with Gasteiger partial charge in [-0.1, -0.05) is 83.9 Å². The Morgan fingerprint density at radius 3 is 1.09 bits per heavy atom. The SMILES string of the molecule is C/C(=C/c1ccc(C(C)(C)C(=O)OC(C)(C)C)cc1)NC(=O)OC(C)(C)C.Cc1ccc(C(C)(C)C(=O)O)cc1.Cc1ccc(C(C)(C)C(=O)OC(C)(C)C)cc1. The number of alkyl carbamates (subject to hydrolysis) is 1. The van der Waals surface area contributed by atoms with E-state index in [1.807, 2.05) is 183 Å². The zero-order chi connectivity index (χ0) is 44.4. The van der Waals surface area contributed by atoms with Crippen molar-refractivity contribution in [2.75, 3.05) is 0 Å². The Hall–Kier alpha value is -4.92. The van der Waals surface area contributed by atoms with Crippen LogP contribution in [0.5, 0.6) is 0 Å². The summed E-state index contributed by atoms with van der Waals surface area (Å²) < 4.78 is 16.2. The fourth-order valence-electron chi connectivity index (χ4n) is 4.86. The number of ether oxygens (including phenoxy) is 3. The van der Waals surface area contributed by atoms with Crippen molar-refractivity contribution < 1.29 is 38.5 Å². The molecule has 0 aliphatic heterocycles. The second-order valence-corrected chi connectivity index (χ2v) is 19.0. The average molecular weight is 788 g/mol. The molecule has 9 nitrogen and oxygen atoms in total. The van der Waals surface area contributed by atoms with Gasteiger partial charge in [-0.25, -0.2) is 4.79 Å². The van der Waals surface area contributed by atoms with Crippen LogP contribution in [0.3, 0.4) is 0 Å². The molecular weight excluding hydrogens is 719 g/mol. The molecule has 2 N–H and O–H groups in total. The Balaban J connectivity index is 0.000000462. The predicted octanol–water partition coefficient (Wildman–Crippen LogP) is 11.2. The van der Waals surface area contributed by atoms with Crippen LogP contribution in [0.25, 0.3) is 6.08 Å². The van der Waals surface area contributed by atoms with Gasteiger partial charge in [-0.15, -0.1) is 0 Å². The van der Waals surface area contributed by atoms with Crippen molar-refractivity contribution in [1.82, 2.24) is 5.32 Å². The Labute approximate surface area is 342 Å². The molecule has 0 bridgehead atoms. The predicted molar refractivity (Wildman–Crippen MR) is 230 cm³/mol. The summed E-state index contributed by atoms with van der Waals surface area (Å²) >= 11 is 0. The van der Waals surface area contributed by atoms with E-state index in [9.17, 15) is 19.2 Å². The van der Waals surface area contributed by atoms with Gasteiger partial charge < -0.3 is 19.3 Å². The van der Waals surface area contributed by atoms with Gasteiger partial charge in [0.1, 0.15) is 16.8 Å².